The predicted octanol–water partition coefficient (Wildman–Crippen LogP) is 0.110. The molecule has 0 bridgehead atoms. The van der Waals surface area contributed by atoms with E-state index < -0.39 is 17.1 Å². The van der Waals surface area contributed by atoms with E-state index in [0.717, 1.165) is 6.42 Å². The van der Waals surface area contributed by atoms with Gasteiger partial charge in [-0.2, -0.15) is 0 Å². The van der Waals surface area contributed by atoms with Crippen molar-refractivity contribution >= 4 is 17.1 Å². The van der Waals surface area contributed by atoms with E-state index in [1.807, 2.05) is 0 Å². The Balaban J connectivity index is 3.86. The maximum atomic E-state index is 9.72. The standard InChI is InChI=1S/C6H19NO3Si2/c1-11(2,8)10-12(3,9)6-4-5-7/h8-9H,4-7H2,1-3H3. The molecule has 4 N–H and O–H groups in total. The van der Waals surface area contributed by atoms with Crippen LogP contribution in [0.1, 0.15) is 6.42 Å². The summed E-state index contributed by atoms with van der Waals surface area (Å²) in [7, 11) is -5.20. The highest BCUT2D eigenvalue weighted by Crippen LogP contribution is 2.14. The lowest BCUT2D eigenvalue weighted by molar-refractivity contribution is 0.313. The minimum Gasteiger partial charge on any atom is -0.415 e. The number of hydrogen-bond donors (Lipinski definition) is 3. The highest BCUT2D eigenvalue weighted by molar-refractivity contribution is 6.78. The van der Waals surface area contributed by atoms with Crippen LogP contribution in [0.5, 0.6) is 0 Å². The summed E-state index contributed by atoms with van der Waals surface area (Å²) in [4.78, 5) is 19.1. The van der Waals surface area contributed by atoms with E-state index in [9.17, 15) is 9.59 Å². The normalized spacial score (nSPS) is 17.5. The molecule has 0 aliphatic heterocycles. The summed E-state index contributed by atoms with van der Waals surface area (Å²) < 4.78 is 5.26. The molecule has 1 unspecified atom stereocenters. The molecule has 0 amide bonds. The molecule has 0 aliphatic rings. The van der Waals surface area contributed by atoms with E-state index in [-0.39, 0.29) is 0 Å². The first-order valence-corrected chi connectivity index (χ1v) is 9.54. The van der Waals surface area contributed by atoms with Gasteiger partial charge in [0.25, 0.3) is 0 Å². The smallest absolute Gasteiger partial charge is 0.323 e. The lowest BCUT2D eigenvalue weighted by atomic mass is 10.5. The Morgan fingerprint density at radius 1 is 1.25 bits per heavy atom. The van der Waals surface area contributed by atoms with E-state index in [1.165, 1.54) is 0 Å². The fraction of sp³-hybridized carbons (Fsp3) is 1.00. The first-order chi connectivity index (χ1) is 5.27. The molecule has 12 heavy (non-hydrogen) atoms. The molecule has 0 radical (unpaired) electrons. The quantitative estimate of drug-likeness (QED) is 0.562. The summed E-state index contributed by atoms with van der Waals surface area (Å²) in [5, 5.41) is 0. The van der Waals surface area contributed by atoms with Gasteiger partial charge in [0.2, 0.25) is 0 Å². The Labute approximate surface area is 75.9 Å². The molecule has 4 nitrogen and oxygen atoms in total. The van der Waals surface area contributed by atoms with Crippen molar-refractivity contribution in [1.29, 1.82) is 0 Å². The average Bonchev–Trinajstić information content (AvgIpc) is 1.78. The van der Waals surface area contributed by atoms with Crippen LogP contribution in [-0.2, 0) is 4.12 Å². The SMILES string of the molecule is C[Si](C)(O)O[Si](C)(O)CCCN. The van der Waals surface area contributed by atoms with Crippen molar-refractivity contribution in [2.45, 2.75) is 32.1 Å². The zero-order chi connectivity index (χ0) is 9.83. The number of nitrogens with two attached hydrogens (primary N) is 1. The Kier molecular flexibility index (Phi) is 4.60. The van der Waals surface area contributed by atoms with Gasteiger partial charge in [-0.1, -0.05) is 0 Å². The van der Waals surface area contributed by atoms with Crippen LogP contribution in [0, 0.1) is 0 Å². The van der Waals surface area contributed by atoms with Crippen LogP contribution in [0.25, 0.3) is 0 Å². The molecule has 0 heterocycles. The van der Waals surface area contributed by atoms with Gasteiger partial charge in [0.15, 0.2) is 0 Å². The largest absolute Gasteiger partial charge is 0.415 e. The molecular formula is C6H19NO3Si2. The molecule has 0 aromatic rings. The van der Waals surface area contributed by atoms with E-state index >= 15 is 0 Å². The van der Waals surface area contributed by atoms with Crippen LogP contribution >= 0.6 is 0 Å². The van der Waals surface area contributed by atoms with Gasteiger partial charge in [0, 0.05) is 0 Å². The summed E-state index contributed by atoms with van der Waals surface area (Å²) in [5.74, 6) is 0. The molecule has 0 saturated carbocycles. The highest BCUT2D eigenvalue weighted by atomic mass is 28.5. The van der Waals surface area contributed by atoms with Crippen molar-refractivity contribution in [3.63, 3.8) is 0 Å². The van der Waals surface area contributed by atoms with Gasteiger partial charge in [-0.25, -0.2) is 0 Å². The second-order valence-electron chi connectivity index (χ2n) is 3.62. The van der Waals surface area contributed by atoms with E-state index in [1.54, 1.807) is 19.6 Å². The first kappa shape index (κ1) is 12.3. The fourth-order valence-corrected chi connectivity index (χ4v) is 6.59. The van der Waals surface area contributed by atoms with Crippen molar-refractivity contribution in [2.24, 2.45) is 5.73 Å². The lowest BCUT2D eigenvalue weighted by Crippen LogP contribution is -2.46. The molecule has 74 valence electrons. The molecule has 0 aromatic heterocycles. The Hall–Kier alpha value is 0.274. The number of hydrogen-bond acceptors (Lipinski definition) is 4. The van der Waals surface area contributed by atoms with E-state index in [2.05, 4.69) is 0 Å². The maximum Gasteiger partial charge on any atom is 0.323 e. The molecule has 0 spiro atoms. The summed E-state index contributed by atoms with van der Waals surface area (Å²) in [6, 6.07) is 0.598. The molecule has 6 heteroatoms. The second-order valence-corrected chi connectivity index (χ2v) is 10.2. The van der Waals surface area contributed by atoms with Gasteiger partial charge in [0.05, 0.1) is 0 Å². The van der Waals surface area contributed by atoms with E-state index in [0.29, 0.717) is 12.6 Å². The van der Waals surface area contributed by atoms with Gasteiger partial charge in [-0.3, -0.25) is 0 Å². The Bertz CT molecular complexity index is 135. The van der Waals surface area contributed by atoms with Crippen molar-refractivity contribution in [3.05, 3.63) is 0 Å². The number of rotatable bonds is 5. The minimum absolute atomic E-state index is 0.555. The Morgan fingerprint density at radius 2 is 1.75 bits per heavy atom. The van der Waals surface area contributed by atoms with Crippen LogP contribution in [-0.4, -0.2) is 33.3 Å². The fourth-order valence-electron chi connectivity index (χ4n) is 1.02. The maximum absolute atomic E-state index is 9.72. The van der Waals surface area contributed by atoms with E-state index in [4.69, 9.17) is 9.85 Å². The first-order valence-electron chi connectivity index (χ1n) is 4.12. The summed E-state index contributed by atoms with van der Waals surface area (Å²) >= 11 is 0. The highest BCUT2D eigenvalue weighted by Gasteiger charge is 2.34. The van der Waals surface area contributed by atoms with Gasteiger partial charge >= 0.3 is 17.1 Å². The molecular weight excluding hydrogens is 190 g/mol. The van der Waals surface area contributed by atoms with Gasteiger partial charge < -0.3 is 19.4 Å². The molecule has 0 aliphatic carbocycles. The van der Waals surface area contributed by atoms with Crippen molar-refractivity contribution < 1.29 is 13.7 Å². The van der Waals surface area contributed by atoms with Crippen LogP contribution in [0.3, 0.4) is 0 Å². The third kappa shape index (κ3) is 6.95. The third-order valence-corrected chi connectivity index (χ3v) is 6.35. The Morgan fingerprint density at radius 3 is 2.08 bits per heavy atom. The van der Waals surface area contributed by atoms with Gasteiger partial charge in [-0.05, 0) is 38.7 Å². The molecule has 1 atom stereocenters. The minimum atomic E-state index is -2.63. The lowest BCUT2D eigenvalue weighted by Gasteiger charge is -2.27. The summed E-state index contributed by atoms with van der Waals surface area (Å²) in [5.41, 5.74) is 5.30. The predicted molar refractivity (Wildman–Crippen MR) is 53.1 cm³/mol. The van der Waals surface area contributed by atoms with Gasteiger partial charge in [0.1, 0.15) is 0 Å². The van der Waals surface area contributed by atoms with Crippen LogP contribution < -0.4 is 5.73 Å². The zero-order valence-electron chi connectivity index (χ0n) is 8.00. The van der Waals surface area contributed by atoms with Crippen LogP contribution in [0.4, 0.5) is 0 Å². The molecule has 0 saturated heterocycles. The molecule has 0 aromatic carbocycles. The van der Waals surface area contributed by atoms with Gasteiger partial charge in [-0.15, -0.1) is 0 Å². The molecule has 0 fully saturated rings. The van der Waals surface area contributed by atoms with Crippen molar-refractivity contribution in [2.75, 3.05) is 6.54 Å². The monoisotopic (exact) mass is 209 g/mol. The summed E-state index contributed by atoms with van der Waals surface area (Å²) in [6.07, 6.45) is 0.754. The zero-order valence-corrected chi connectivity index (χ0v) is 10.0. The van der Waals surface area contributed by atoms with Crippen LogP contribution in [0.15, 0.2) is 0 Å². The summed E-state index contributed by atoms with van der Waals surface area (Å²) in [6.45, 7) is 5.54. The molecule has 0 rings (SSSR count). The topological polar surface area (TPSA) is 75.7 Å². The third-order valence-electron chi connectivity index (χ3n) is 1.31. The second kappa shape index (κ2) is 4.49. The van der Waals surface area contributed by atoms with Crippen molar-refractivity contribution in [3.8, 4) is 0 Å². The van der Waals surface area contributed by atoms with Crippen molar-refractivity contribution in [1.82, 2.24) is 0 Å². The average molecular weight is 209 g/mol. The van der Waals surface area contributed by atoms with Crippen LogP contribution in [0.2, 0.25) is 25.7 Å².